The van der Waals surface area contributed by atoms with Gasteiger partial charge in [0, 0.05) is 32.2 Å². The van der Waals surface area contributed by atoms with E-state index in [9.17, 15) is 24.2 Å². The van der Waals surface area contributed by atoms with E-state index < -0.39 is 38.6 Å². The average molecular weight is 792 g/mol. The summed E-state index contributed by atoms with van der Waals surface area (Å²) in [7, 11) is -4.42. The normalized spacial score (nSPS) is 14.5. The van der Waals surface area contributed by atoms with Crippen molar-refractivity contribution in [1.82, 2.24) is 0 Å². The Labute approximate surface area is 330 Å². The summed E-state index contributed by atoms with van der Waals surface area (Å²) in [6.45, 7) is 7.54. The molecule has 4 N–H and O–H groups in total. The number of allylic oxidation sites excluding steroid dienone is 8. The first kappa shape index (κ1) is 50.0. The lowest BCUT2D eigenvalue weighted by atomic mass is 10.0. The number of rotatable bonds is 33. The number of aliphatic hydroxyl groups excluding tert-OH is 1. The monoisotopic (exact) mass is 791 g/mol. The molecular weight excluding hydrogens is 721 g/mol. The van der Waals surface area contributed by atoms with Gasteiger partial charge in [0.15, 0.2) is 6.10 Å². The molecule has 2 unspecified atom stereocenters. The maximum atomic E-state index is 12.6. The Bertz CT molecular complexity index is 1380. The summed E-state index contributed by atoms with van der Waals surface area (Å²) < 4.78 is 38.8. The molecule has 11 nitrogen and oxygen atoms in total. The average Bonchev–Trinajstić information content (AvgIpc) is 3.43. The van der Waals surface area contributed by atoms with E-state index in [1.165, 1.54) is 11.1 Å². The molecule has 0 fully saturated rings. The number of aliphatic hydroxyl groups is 1. The van der Waals surface area contributed by atoms with E-state index in [0.29, 0.717) is 25.7 Å². The van der Waals surface area contributed by atoms with Gasteiger partial charge in [0.05, 0.1) is 19.3 Å². The lowest BCUT2D eigenvalue weighted by Crippen LogP contribution is -2.29. The van der Waals surface area contributed by atoms with Gasteiger partial charge in [0.2, 0.25) is 0 Å². The van der Waals surface area contributed by atoms with Crippen LogP contribution in [0.1, 0.15) is 133 Å². The molecule has 0 amide bonds. The second-order valence-corrected chi connectivity index (χ2v) is 15.0. The fourth-order valence-corrected chi connectivity index (χ4v) is 6.21. The van der Waals surface area contributed by atoms with Gasteiger partial charge in [0.25, 0.3) is 0 Å². The van der Waals surface area contributed by atoms with Crippen LogP contribution in [0.15, 0.2) is 65.2 Å². The molecule has 0 saturated carbocycles. The van der Waals surface area contributed by atoms with Crippen molar-refractivity contribution in [2.45, 2.75) is 149 Å². The molecular formula is C43H70NO10P. The van der Waals surface area contributed by atoms with Crippen LogP contribution in [0.3, 0.4) is 0 Å². The minimum absolute atomic E-state index is 0.0267. The van der Waals surface area contributed by atoms with Crippen molar-refractivity contribution in [2.75, 3.05) is 26.4 Å². The molecule has 1 aromatic heterocycles. The lowest BCUT2D eigenvalue weighted by molar-refractivity contribution is -0.161. The number of nitrogens with two attached hydrogens (primary N) is 1. The van der Waals surface area contributed by atoms with Gasteiger partial charge < -0.3 is 29.6 Å². The van der Waals surface area contributed by atoms with Gasteiger partial charge in [-0.2, -0.15) is 0 Å². The Hall–Kier alpha value is -3.05. The second-order valence-electron chi connectivity index (χ2n) is 13.6. The van der Waals surface area contributed by atoms with E-state index in [4.69, 9.17) is 28.7 Å². The van der Waals surface area contributed by atoms with E-state index in [1.807, 2.05) is 55.5 Å². The summed E-state index contributed by atoms with van der Waals surface area (Å²) in [4.78, 5) is 34.9. The number of phosphoric ester groups is 1. The van der Waals surface area contributed by atoms with Crippen molar-refractivity contribution < 1.29 is 47.1 Å². The molecule has 1 rings (SSSR count). The van der Waals surface area contributed by atoms with Gasteiger partial charge in [-0.25, -0.2) is 4.57 Å². The molecule has 312 valence electrons. The fraction of sp³-hybridized carbons (Fsp3) is 0.628. The van der Waals surface area contributed by atoms with E-state index in [-0.39, 0.29) is 32.6 Å². The largest absolute Gasteiger partial charge is 0.472 e. The van der Waals surface area contributed by atoms with Crippen LogP contribution in [0.4, 0.5) is 0 Å². The highest BCUT2D eigenvalue weighted by Crippen LogP contribution is 2.43. The van der Waals surface area contributed by atoms with Crippen molar-refractivity contribution in [1.29, 1.82) is 0 Å². The van der Waals surface area contributed by atoms with E-state index in [2.05, 4.69) is 32.9 Å². The standard InChI is InChI=1S/C43H70NO10P/c1-5-7-27-38(45)28-22-18-14-12-10-8-9-11-13-15-21-25-31-43(47)53-39(35-52-55(48,49)51-33-32-44)34-50-42(46)30-24-20-17-16-19-23-29-41-37(4)36(3)40(54-41)26-6-2/h7-9,12-15,18,22,27,38-39,45H,5-6,10-11,16-17,19-21,23-26,28-35,44H2,1-4H3,(H,48,49)/b9-8-,14-12-,15-13-,22-18+,27-7-/t38?,39-/m1/s1. The van der Waals surface area contributed by atoms with Crippen molar-refractivity contribution in [2.24, 2.45) is 5.73 Å². The lowest BCUT2D eigenvalue weighted by Gasteiger charge is -2.19. The number of aryl methyl sites for hydroxylation is 2. The summed E-state index contributed by atoms with van der Waals surface area (Å²) >= 11 is 0. The third-order valence-electron chi connectivity index (χ3n) is 8.67. The number of unbranched alkanes of at least 4 members (excludes halogenated alkanes) is 6. The zero-order valence-electron chi connectivity index (χ0n) is 34.0. The van der Waals surface area contributed by atoms with Crippen molar-refractivity contribution in [3.8, 4) is 0 Å². The highest BCUT2D eigenvalue weighted by molar-refractivity contribution is 7.47. The molecule has 0 radical (unpaired) electrons. The van der Waals surface area contributed by atoms with Crippen LogP contribution in [-0.2, 0) is 45.5 Å². The quantitative estimate of drug-likeness (QED) is 0.0204. The van der Waals surface area contributed by atoms with Gasteiger partial charge in [-0.1, -0.05) is 100 Å². The van der Waals surface area contributed by atoms with Crippen LogP contribution in [0.5, 0.6) is 0 Å². The predicted molar refractivity (Wildman–Crippen MR) is 220 cm³/mol. The van der Waals surface area contributed by atoms with Crippen LogP contribution in [0.25, 0.3) is 0 Å². The molecule has 0 aliphatic heterocycles. The van der Waals surface area contributed by atoms with Gasteiger partial charge >= 0.3 is 19.8 Å². The van der Waals surface area contributed by atoms with Gasteiger partial charge in [0.1, 0.15) is 18.1 Å². The van der Waals surface area contributed by atoms with Crippen molar-refractivity contribution in [3.63, 3.8) is 0 Å². The van der Waals surface area contributed by atoms with E-state index >= 15 is 0 Å². The Kier molecular flexibility index (Phi) is 29.1. The molecule has 1 aromatic rings. The first-order valence-corrected chi connectivity index (χ1v) is 21.7. The number of ether oxygens (including phenoxy) is 2. The van der Waals surface area contributed by atoms with Crippen molar-refractivity contribution >= 4 is 19.8 Å². The van der Waals surface area contributed by atoms with E-state index in [1.54, 1.807) is 0 Å². The van der Waals surface area contributed by atoms with Crippen LogP contribution in [-0.4, -0.2) is 60.5 Å². The molecule has 0 aromatic carbocycles. The van der Waals surface area contributed by atoms with Gasteiger partial charge in [-0.3, -0.25) is 18.6 Å². The molecule has 0 aliphatic carbocycles. The number of hydrogen-bond donors (Lipinski definition) is 3. The second kappa shape index (κ2) is 32.1. The Morgan fingerprint density at radius 1 is 0.782 bits per heavy atom. The van der Waals surface area contributed by atoms with Crippen LogP contribution >= 0.6 is 7.82 Å². The Morgan fingerprint density at radius 2 is 1.42 bits per heavy atom. The summed E-state index contributed by atoms with van der Waals surface area (Å²) in [6, 6.07) is 0. The molecule has 55 heavy (non-hydrogen) atoms. The predicted octanol–water partition coefficient (Wildman–Crippen LogP) is 9.56. The highest BCUT2D eigenvalue weighted by atomic mass is 31.2. The topological polar surface area (TPSA) is 168 Å². The van der Waals surface area contributed by atoms with Gasteiger partial charge in [-0.05, 0) is 82.8 Å². The number of phosphoric acid groups is 1. The smallest absolute Gasteiger partial charge is 0.466 e. The first-order chi connectivity index (χ1) is 26.5. The minimum Gasteiger partial charge on any atom is -0.466 e. The molecule has 3 atom stereocenters. The summed E-state index contributed by atoms with van der Waals surface area (Å²) in [6.07, 6.45) is 31.8. The first-order valence-electron chi connectivity index (χ1n) is 20.2. The van der Waals surface area contributed by atoms with E-state index in [0.717, 1.165) is 82.1 Å². The number of esters is 2. The van der Waals surface area contributed by atoms with Crippen LogP contribution in [0, 0.1) is 13.8 Å². The fourth-order valence-electron chi connectivity index (χ4n) is 5.44. The van der Waals surface area contributed by atoms with Crippen molar-refractivity contribution in [3.05, 3.63) is 83.4 Å². The molecule has 0 spiro atoms. The van der Waals surface area contributed by atoms with Crippen LogP contribution in [0.2, 0.25) is 0 Å². The summed E-state index contributed by atoms with van der Waals surface area (Å²) in [5.74, 6) is 1.26. The van der Waals surface area contributed by atoms with Gasteiger partial charge in [-0.15, -0.1) is 0 Å². The number of carbonyl (C=O) groups excluding carboxylic acids is 2. The number of carbonyl (C=O) groups is 2. The SMILES string of the molecule is CC/C=C\C(O)C/C=C/C=C\C/C=C\C/C=C\CCCC(=O)O[C@H](COC(=O)CCCCCCCCc1oc(CCC)c(C)c1C)COP(=O)(O)OCCN. The highest BCUT2D eigenvalue weighted by Gasteiger charge is 2.26. The number of hydrogen-bond acceptors (Lipinski definition) is 10. The zero-order chi connectivity index (χ0) is 40.6. The Morgan fingerprint density at radius 3 is 2.13 bits per heavy atom. The van der Waals surface area contributed by atoms with Crippen LogP contribution < -0.4 is 5.73 Å². The minimum atomic E-state index is -4.42. The zero-order valence-corrected chi connectivity index (χ0v) is 34.9. The molecule has 0 aliphatic rings. The maximum Gasteiger partial charge on any atom is 0.472 e. The molecule has 0 bridgehead atoms. The Balaban J connectivity index is 2.35. The third kappa shape index (κ3) is 26.4. The maximum absolute atomic E-state index is 12.6. The molecule has 1 heterocycles. The molecule has 12 heteroatoms. The third-order valence-corrected chi connectivity index (χ3v) is 9.65. The number of furan rings is 1. The summed E-state index contributed by atoms with van der Waals surface area (Å²) in [5.41, 5.74) is 7.89. The molecule has 0 saturated heterocycles. The summed E-state index contributed by atoms with van der Waals surface area (Å²) in [5, 5.41) is 9.76.